The number of fused-ring (bicyclic) bond motifs is 1. The van der Waals surface area contributed by atoms with E-state index in [1.807, 2.05) is 42.5 Å². The predicted molar refractivity (Wildman–Crippen MR) is 140 cm³/mol. The first kappa shape index (κ1) is 22.5. The second-order valence-electron chi connectivity index (χ2n) is 9.65. The largest absolute Gasteiger partial charge is 0.457 e. The Balaban J connectivity index is 1.23. The summed E-state index contributed by atoms with van der Waals surface area (Å²) in [5.41, 5.74) is 9.30. The second-order valence-corrected chi connectivity index (χ2v) is 9.65. The SMILES string of the molecule is Nc1ncnc2c1c(-c1ccc(Oc3ccccc3)cc1)cn2C1CCC(NC2CCNC2=O)CC1. The first-order chi connectivity index (χ1) is 17.7. The van der Waals surface area contributed by atoms with Crippen LogP contribution < -0.4 is 21.1 Å². The number of para-hydroxylation sites is 1. The van der Waals surface area contributed by atoms with Gasteiger partial charge in [-0.05, 0) is 61.9 Å². The van der Waals surface area contributed by atoms with Gasteiger partial charge in [-0.25, -0.2) is 9.97 Å². The molecule has 1 atom stereocenters. The third-order valence-electron chi connectivity index (χ3n) is 7.36. The molecule has 4 N–H and O–H groups in total. The summed E-state index contributed by atoms with van der Waals surface area (Å²) < 4.78 is 8.23. The van der Waals surface area contributed by atoms with E-state index in [0.717, 1.165) is 72.3 Å². The average molecular weight is 483 g/mol. The Morgan fingerprint density at radius 2 is 1.69 bits per heavy atom. The summed E-state index contributed by atoms with van der Waals surface area (Å²) in [6.45, 7) is 0.768. The van der Waals surface area contributed by atoms with E-state index in [2.05, 4.69) is 43.5 Å². The molecule has 0 spiro atoms. The Labute approximate surface area is 209 Å². The van der Waals surface area contributed by atoms with Gasteiger partial charge in [-0.15, -0.1) is 0 Å². The van der Waals surface area contributed by atoms with Crippen molar-refractivity contribution in [3.05, 3.63) is 67.1 Å². The number of nitrogens with zero attached hydrogens (tertiary/aromatic N) is 3. The molecular formula is C28H30N6O2. The molecule has 1 aliphatic carbocycles. The van der Waals surface area contributed by atoms with Crippen LogP contribution in [-0.2, 0) is 4.79 Å². The van der Waals surface area contributed by atoms with Crippen LogP contribution in [0, 0.1) is 0 Å². The van der Waals surface area contributed by atoms with E-state index in [-0.39, 0.29) is 11.9 Å². The third kappa shape index (κ3) is 4.40. The number of carbonyl (C=O) groups is 1. The fourth-order valence-electron chi connectivity index (χ4n) is 5.49. The molecular weight excluding hydrogens is 452 g/mol. The van der Waals surface area contributed by atoms with E-state index < -0.39 is 0 Å². The van der Waals surface area contributed by atoms with Crippen molar-refractivity contribution in [1.29, 1.82) is 0 Å². The summed E-state index contributed by atoms with van der Waals surface area (Å²) in [5.74, 6) is 2.20. The Morgan fingerprint density at radius 3 is 2.42 bits per heavy atom. The number of aromatic nitrogens is 3. The van der Waals surface area contributed by atoms with Gasteiger partial charge in [0.25, 0.3) is 0 Å². The van der Waals surface area contributed by atoms with Crippen molar-refractivity contribution in [3.63, 3.8) is 0 Å². The number of nitrogens with two attached hydrogens (primary N) is 1. The van der Waals surface area contributed by atoms with Crippen LogP contribution in [0.2, 0.25) is 0 Å². The van der Waals surface area contributed by atoms with E-state index in [1.165, 1.54) is 0 Å². The highest BCUT2D eigenvalue weighted by Gasteiger charge is 2.30. The van der Waals surface area contributed by atoms with Gasteiger partial charge in [0.1, 0.15) is 29.3 Å². The van der Waals surface area contributed by atoms with Crippen molar-refractivity contribution in [2.45, 2.75) is 50.2 Å². The molecule has 0 bridgehead atoms. The lowest BCUT2D eigenvalue weighted by Crippen LogP contribution is -2.44. The van der Waals surface area contributed by atoms with Gasteiger partial charge in [0.05, 0.1) is 11.4 Å². The number of nitrogens with one attached hydrogen (secondary N) is 2. The zero-order valence-electron chi connectivity index (χ0n) is 20.1. The van der Waals surface area contributed by atoms with Crippen LogP contribution in [0.15, 0.2) is 67.1 Å². The lowest BCUT2D eigenvalue weighted by molar-refractivity contribution is -0.121. The number of hydrogen-bond donors (Lipinski definition) is 3. The minimum absolute atomic E-state index is 0.0491. The highest BCUT2D eigenvalue weighted by Crippen LogP contribution is 2.38. The highest BCUT2D eigenvalue weighted by atomic mass is 16.5. The van der Waals surface area contributed by atoms with Gasteiger partial charge in [-0.1, -0.05) is 30.3 Å². The van der Waals surface area contributed by atoms with Gasteiger partial charge in [-0.3, -0.25) is 4.79 Å². The normalized spacial score (nSPS) is 22.0. The van der Waals surface area contributed by atoms with Crippen molar-refractivity contribution in [2.75, 3.05) is 12.3 Å². The topological polar surface area (TPSA) is 107 Å². The standard InChI is InChI=1S/C28H30N6O2/c29-26-25-23(18-6-12-22(13-7-18)36-21-4-2-1-3-5-21)16-34(27(25)32-17-31-26)20-10-8-19(9-11-20)33-24-14-15-30-28(24)35/h1-7,12-13,16-17,19-20,24,33H,8-11,14-15H2,(H,30,35)(H2,29,31,32). The van der Waals surface area contributed by atoms with Crippen LogP contribution in [0.1, 0.15) is 38.1 Å². The van der Waals surface area contributed by atoms with E-state index >= 15 is 0 Å². The molecule has 36 heavy (non-hydrogen) atoms. The van der Waals surface area contributed by atoms with Gasteiger partial charge in [0.2, 0.25) is 5.91 Å². The maximum absolute atomic E-state index is 12.0. The fourth-order valence-corrected chi connectivity index (χ4v) is 5.49. The Hall–Kier alpha value is -3.91. The summed E-state index contributed by atoms with van der Waals surface area (Å²) >= 11 is 0. The van der Waals surface area contributed by atoms with Crippen molar-refractivity contribution in [1.82, 2.24) is 25.2 Å². The summed E-state index contributed by atoms with van der Waals surface area (Å²) in [6, 6.07) is 18.4. The number of hydrogen-bond acceptors (Lipinski definition) is 6. The smallest absolute Gasteiger partial charge is 0.237 e. The maximum atomic E-state index is 12.0. The first-order valence-corrected chi connectivity index (χ1v) is 12.6. The van der Waals surface area contributed by atoms with Gasteiger partial charge < -0.3 is 25.7 Å². The minimum atomic E-state index is -0.0491. The van der Waals surface area contributed by atoms with Gasteiger partial charge in [-0.2, -0.15) is 0 Å². The monoisotopic (exact) mass is 482 g/mol. The number of ether oxygens (including phenoxy) is 1. The maximum Gasteiger partial charge on any atom is 0.237 e. The molecule has 4 aromatic rings. The quantitative estimate of drug-likeness (QED) is 0.375. The number of amides is 1. The number of rotatable bonds is 6. The number of carbonyl (C=O) groups excluding carboxylic acids is 1. The Bertz CT molecular complexity index is 1360. The van der Waals surface area contributed by atoms with Crippen molar-refractivity contribution in [2.24, 2.45) is 0 Å². The molecule has 2 aliphatic rings. The number of nitrogen functional groups attached to an aromatic ring is 1. The lowest BCUT2D eigenvalue weighted by atomic mass is 9.90. The third-order valence-corrected chi connectivity index (χ3v) is 7.36. The van der Waals surface area contributed by atoms with E-state index in [4.69, 9.17) is 10.5 Å². The second kappa shape index (κ2) is 9.62. The lowest BCUT2D eigenvalue weighted by Gasteiger charge is -2.31. The van der Waals surface area contributed by atoms with Crippen molar-refractivity contribution < 1.29 is 9.53 Å². The summed E-state index contributed by atoms with van der Waals surface area (Å²) in [4.78, 5) is 20.9. The van der Waals surface area contributed by atoms with Crippen LogP contribution in [0.5, 0.6) is 11.5 Å². The molecule has 0 radical (unpaired) electrons. The van der Waals surface area contributed by atoms with E-state index in [0.29, 0.717) is 17.9 Å². The van der Waals surface area contributed by atoms with Crippen LogP contribution in [-0.4, -0.2) is 39.1 Å². The molecule has 8 heteroatoms. The molecule has 1 saturated heterocycles. The van der Waals surface area contributed by atoms with Gasteiger partial charge in [0, 0.05) is 30.4 Å². The number of benzene rings is 2. The molecule has 1 saturated carbocycles. The molecule has 2 aromatic carbocycles. The minimum Gasteiger partial charge on any atom is -0.457 e. The Morgan fingerprint density at radius 1 is 0.944 bits per heavy atom. The van der Waals surface area contributed by atoms with Crippen molar-refractivity contribution in [3.8, 4) is 22.6 Å². The zero-order chi connectivity index (χ0) is 24.5. The molecule has 3 heterocycles. The van der Waals surface area contributed by atoms with Crippen LogP contribution >= 0.6 is 0 Å². The molecule has 1 unspecified atom stereocenters. The van der Waals surface area contributed by atoms with E-state index in [9.17, 15) is 4.79 Å². The molecule has 1 aliphatic heterocycles. The van der Waals surface area contributed by atoms with Crippen molar-refractivity contribution >= 4 is 22.8 Å². The zero-order valence-corrected chi connectivity index (χ0v) is 20.1. The molecule has 8 nitrogen and oxygen atoms in total. The molecule has 1 amide bonds. The van der Waals surface area contributed by atoms with E-state index in [1.54, 1.807) is 6.33 Å². The van der Waals surface area contributed by atoms with Gasteiger partial charge in [0.15, 0.2) is 0 Å². The summed E-state index contributed by atoms with van der Waals surface area (Å²) in [7, 11) is 0. The molecule has 184 valence electrons. The number of anilines is 1. The van der Waals surface area contributed by atoms with Crippen LogP contribution in [0.4, 0.5) is 5.82 Å². The molecule has 2 aromatic heterocycles. The van der Waals surface area contributed by atoms with Gasteiger partial charge >= 0.3 is 0 Å². The first-order valence-electron chi connectivity index (χ1n) is 12.6. The predicted octanol–water partition coefficient (Wildman–Crippen LogP) is 4.43. The van der Waals surface area contributed by atoms with Crippen LogP contribution in [0.25, 0.3) is 22.2 Å². The summed E-state index contributed by atoms with van der Waals surface area (Å²) in [6.07, 6.45) is 8.67. The highest BCUT2D eigenvalue weighted by molar-refractivity contribution is 6.00. The molecule has 6 rings (SSSR count). The average Bonchev–Trinajstić information content (AvgIpc) is 3.50. The fraction of sp³-hybridized carbons (Fsp3) is 0.321. The Kier molecular flexibility index (Phi) is 6.03. The summed E-state index contributed by atoms with van der Waals surface area (Å²) in [5, 5.41) is 7.36. The molecule has 2 fully saturated rings. The van der Waals surface area contributed by atoms with Crippen LogP contribution in [0.3, 0.4) is 0 Å².